The van der Waals surface area contributed by atoms with Crippen molar-refractivity contribution < 1.29 is 42.1 Å². The predicted octanol–water partition coefficient (Wildman–Crippen LogP) is 5.11. The third-order valence-corrected chi connectivity index (χ3v) is 8.10. The molecule has 2 fully saturated rings. The van der Waals surface area contributed by atoms with Gasteiger partial charge in [0.2, 0.25) is 11.5 Å². The molecule has 1 aromatic carbocycles. The molecular formula is C32H43F3N6O6. The molecular weight excluding hydrogens is 621 g/mol. The fourth-order valence-electron chi connectivity index (χ4n) is 5.31. The number of hydrogen-bond acceptors (Lipinski definition) is 9. The summed E-state index contributed by atoms with van der Waals surface area (Å²) in [6.07, 6.45) is -1.10. The van der Waals surface area contributed by atoms with Gasteiger partial charge in [0.05, 0.1) is 32.1 Å². The third kappa shape index (κ3) is 8.42. The summed E-state index contributed by atoms with van der Waals surface area (Å²) < 4.78 is 52.3. The van der Waals surface area contributed by atoms with E-state index in [2.05, 4.69) is 44.6 Å². The lowest BCUT2D eigenvalue weighted by molar-refractivity contribution is -0.192. The summed E-state index contributed by atoms with van der Waals surface area (Å²) in [7, 11) is 1.68. The van der Waals surface area contributed by atoms with Crippen molar-refractivity contribution in [3.05, 3.63) is 40.5 Å². The number of nitrogens with zero attached hydrogens (tertiary/aromatic N) is 5. The van der Waals surface area contributed by atoms with E-state index in [0.29, 0.717) is 36.2 Å². The van der Waals surface area contributed by atoms with Crippen LogP contribution in [0.1, 0.15) is 87.7 Å². The zero-order chi connectivity index (χ0) is 34.7. The standard InChI is InChI=1S/C30H42N6O4.C2HF3O2/c1-7-21(8-2)40-26-17-22(19-9-10-19)28-33-35(29(31)36(28)32-26)18-25(37)20-15-23(30(3,4)5)27(38-6)24(16-20)34-11-13-39-14-12-34;3-2(4,5)1(6)7/h15-17,19,21,31H,7-14,18H2,1-6H3;(H,6,7). The summed E-state index contributed by atoms with van der Waals surface area (Å²) in [4.78, 5) is 24.9. The number of Topliss-reactive ketones (excluding diaryl/α,β-unsaturated/α-hetero) is 1. The number of benzene rings is 1. The van der Waals surface area contributed by atoms with Crippen LogP contribution in [0.4, 0.5) is 18.9 Å². The van der Waals surface area contributed by atoms with Crippen LogP contribution in [0.3, 0.4) is 0 Å². The maximum atomic E-state index is 13.8. The molecule has 0 radical (unpaired) electrons. The van der Waals surface area contributed by atoms with Crippen LogP contribution >= 0.6 is 0 Å². The van der Waals surface area contributed by atoms with Crippen LogP contribution in [0.15, 0.2) is 18.2 Å². The van der Waals surface area contributed by atoms with Gasteiger partial charge in [-0.15, -0.1) is 10.2 Å². The lowest BCUT2D eigenvalue weighted by Gasteiger charge is -2.33. The molecule has 2 aromatic heterocycles. The minimum atomic E-state index is -5.08. The summed E-state index contributed by atoms with van der Waals surface area (Å²) in [6, 6.07) is 5.81. The summed E-state index contributed by atoms with van der Waals surface area (Å²) in [6.45, 7) is 13.2. The SMILES string of the molecule is CCC(CC)Oc1cc(C2CC2)c2nn(CC(=O)c3cc(N4CCOCC4)c(OC)c(C(C)(C)C)c3)c(=N)n2n1.O=C(O)C(F)(F)F. The molecule has 0 atom stereocenters. The van der Waals surface area contributed by atoms with Crippen molar-refractivity contribution in [3.8, 4) is 11.6 Å². The van der Waals surface area contributed by atoms with E-state index >= 15 is 0 Å². The quantitative estimate of drug-likeness (QED) is 0.283. The molecule has 3 aromatic rings. The smallest absolute Gasteiger partial charge is 0.490 e. The van der Waals surface area contributed by atoms with Crippen molar-refractivity contribution in [2.75, 3.05) is 38.3 Å². The number of aliphatic carboxylic acids is 1. The van der Waals surface area contributed by atoms with Crippen molar-refractivity contribution in [1.82, 2.24) is 19.4 Å². The Morgan fingerprint density at radius 1 is 1.09 bits per heavy atom. The molecule has 1 aliphatic heterocycles. The van der Waals surface area contributed by atoms with Gasteiger partial charge < -0.3 is 24.2 Å². The molecule has 0 spiro atoms. The molecule has 1 saturated carbocycles. The lowest BCUT2D eigenvalue weighted by atomic mass is 9.84. The van der Waals surface area contributed by atoms with Gasteiger partial charge in [0.1, 0.15) is 12.3 Å². The van der Waals surface area contributed by atoms with Crippen LogP contribution in [0.25, 0.3) is 5.65 Å². The average molecular weight is 665 g/mol. The van der Waals surface area contributed by atoms with Gasteiger partial charge in [-0.2, -0.15) is 17.7 Å². The largest absolute Gasteiger partial charge is 0.494 e. The van der Waals surface area contributed by atoms with E-state index in [0.717, 1.165) is 61.3 Å². The van der Waals surface area contributed by atoms with Crippen molar-refractivity contribution in [1.29, 1.82) is 5.41 Å². The molecule has 2 N–H and O–H groups in total. The third-order valence-electron chi connectivity index (χ3n) is 8.10. The Hall–Kier alpha value is -4.14. The van der Waals surface area contributed by atoms with Gasteiger partial charge in [0.25, 0.3) is 0 Å². The molecule has 3 heterocycles. The Morgan fingerprint density at radius 2 is 1.70 bits per heavy atom. The van der Waals surface area contributed by atoms with Gasteiger partial charge in [0.15, 0.2) is 11.4 Å². The van der Waals surface area contributed by atoms with E-state index in [-0.39, 0.29) is 29.5 Å². The summed E-state index contributed by atoms with van der Waals surface area (Å²) in [5, 5.41) is 25.3. The zero-order valence-corrected chi connectivity index (χ0v) is 27.6. The Labute approximate surface area is 270 Å². The molecule has 1 aliphatic carbocycles. The minimum Gasteiger partial charge on any atom is -0.494 e. The topological polar surface area (TPSA) is 144 Å². The summed E-state index contributed by atoms with van der Waals surface area (Å²) >= 11 is 0. The van der Waals surface area contributed by atoms with Crippen molar-refractivity contribution in [3.63, 3.8) is 0 Å². The highest BCUT2D eigenvalue weighted by molar-refractivity contribution is 5.98. The van der Waals surface area contributed by atoms with Gasteiger partial charge in [-0.25, -0.2) is 9.48 Å². The number of fused-ring (bicyclic) bond motifs is 1. The first-order valence-electron chi connectivity index (χ1n) is 15.7. The van der Waals surface area contributed by atoms with Gasteiger partial charge in [-0.1, -0.05) is 34.6 Å². The number of carboxylic acids is 1. The number of halogens is 3. The number of carbonyl (C=O) groups is 2. The van der Waals surface area contributed by atoms with Crippen LogP contribution in [0.5, 0.6) is 11.6 Å². The van der Waals surface area contributed by atoms with Gasteiger partial charge in [0, 0.05) is 35.8 Å². The molecule has 0 amide bonds. The minimum absolute atomic E-state index is 0.0539. The number of nitrogens with one attached hydrogen (secondary N) is 1. The molecule has 15 heteroatoms. The Morgan fingerprint density at radius 3 is 2.21 bits per heavy atom. The first-order chi connectivity index (χ1) is 22.1. The van der Waals surface area contributed by atoms with Crippen LogP contribution in [-0.2, 0) is 21.5 Å². The Bertz CT molecular complexity index is 1650. The van der Waals surface area contributed by atoms with E-state index in [4.69, 9.17) is 34.6 Å². The summed E-state index contributed by atoms with van der Waals surface area (Å²) in [5.74, 6) is -1.20. The second-order valence-corrected chi connectivity index (χ2v) is 12.6. The first kappa shape index (κ1) is 35.7. The molecule has 47 heavy (non-hydrogen) atoms. The van der Waals surface area contributed by atoms with Crippen molar-refractivity contribution in [2.24, 2.45) is 0 Å². The van der Waals surface area contributed by atoms with E-state index in [9.17, 15) is 18.0 Å². The van der Waals surface area contributed by atoms with Crippen LogP contribution in [0.2, 0.25) is 0 Å². The van der Waals surface area contributed by atoms with E-state index in [1.807, 2.05) is 18.2 Å². The van der Waals surface area contributed by atoms with Gasteiger partial charge >= 0.3 is 12.1 Å². The Kier molecular flexibility index (Phi) is 10.9. The zero-order valence-electron chi connectivity index (χ0n) is 27.6. The lowest BCUT2D eigenvalue weighted by Crippen LogP contribution is -2.37. The number of carboxylic acid groups (broad SMARTS) is 1. The van der Waals surface area contributed by atoms with Crippen LogP contribution < -0.4 is 20.0 Å². The molecule has 2 aliphatic rings. The van der Waals surface area contributed by atoms with E-state index < -0.39 is 12.1 Å². The van der Waals surface area contributed by atoms with Crippen molar-refractivity contribution >= 4 is 23.1 Å². The second kappa shape index (κ2) is 14.3. The van der Waals surface area contributed by atoms with Crippen molar-refractivity contribution in [2.45, 2.75) is 90.5 Å². The number of methoxy groups -OCH3 is 1. The fourth-order valence-corrected chi connectivity index (χ4v) is 5.31. The molecule has 0 bridgehead atoms. The number of rotatable bonds is 10. The number of alkyl halides is 3. The molecule has 5 rings (SSSR count). The monoisotopic (exact) mass is 664 g/mol. The molecule has 12 nitrogen and oxygen atoms in total. The van der Waals surface area contributed by atoms with E-state index in [1.165, 1.54) is 9.20 Å². The number of aromatic nitrogens is 4. The average Bonchev–Trinajstić information content (AvgIpc) is 3.83. The number of hydrogen-bond donors (Lipinski definition) is 2. The number of carbonyl (C=O) groups excluding carboxylic acids is 1. The second-order valence-electron chi connectivity index (χ2n) is 12.6. The predicted molar refractivity (Wildman–Crippen MR) is 167 cm³/mol. The maximum Gasteiger partial charge on any atom is 0.490 e. The molecule has 1 saturated heterocycles. The normalized spacial score (nSPS) is 15.4. The number of anilines is 1. The number of ether oxygens (including phenoxy) is 3. The summed E-state index contributed by atoms with van der Waals surface area (Å²) in [5.41, 5.74) is 3.90. The fraction of sp³-hybridized carbons (Fsp3) is 0.594. The highest BCUT2D eigenvalue weighted by Crippen LogP contribution is 2.43. The number of morpholine rings is 1. The number of ketones is 1. The van der Waals surface area contributed by atoms with Crippen LogP contribution in [0, 0.1) is 5.41 Å². The first-order valence-corrected chi connectivity index (χ1v) is 15.7. The van der Waals surface area contributed by atoms with Gasteiger partial charge in [-0.05, 0) is 49.1 Å². The van der Waals surface area contributed by atoms with Gasteiger partial charge in [-0.3, -0.25) is 10.2 Å². The molecule has 258 valence electrons. The highest BCUT2D eigenvalue weighted by atomic mass is 19.4. The maximum absolute atomic E-state index is 13.8. The van der Waals surface area contributed by atoms with E-state index in [1.54, 1.807) is 7.11 Å². The highest BCUT2D eigenvalue weighted by Gasteiger charge is 2.38. The Balaban J connectivity index is 0.000000644. The molecule has 0 unspecified atom stereocenters. The van der Waals surface area contributed by atoms with Crippen LogP contribution in [-0.4, -0.2) is 81.9 Å².